The van der Waals surface area contributed by atoms with E-state index in [9.17, 15) is 8.78 Å². The Hall–Kier alpha value is -1.45. The molecule has 1 aromatic rings. The molecule has 0 aliphatic rings. The van der Waals surface area contributed by atoms with Crippen LogP contribution in [0.1, 0.15) is 26.3 Å². The molecule has 0 saturated heterocycles. The van der Waals surface area contributed by atoms with Gasteiger partial charge in [0.05, 0.1) is 0 Å². The minimum absolute atomic E-state index is 0.0615. The maximum atomic E-state index is 12.8. The monoisotopic (exact) mass is 227 g/mol. The first-order chi connectivity index (χ1) is 7.38. The molecular weight excluding hydrogens is 212 g/mol. The Labute approximate surface area is 93.9 Å². The van der Waals surface area contributed by atoms with E-state index in [0.717, 1.165) is 12.1 Å². The molecule has 0 aliphatic carbocycles. The zero-order chi connectivity index (χ0) is 12.2. The van der Waals surface area contributed by atoms with Crippen molar-refractivity contribution in [3.05, 3.63) is 35.4 Å². The van der Waals surface area contributed by atoms with Crippen molar-refractivity contribution >= 4 is 6.21 Å². The van der Waals surface area contributed by atoms with E-state index in [-0.39, 0.29) is 12.0 Å². The molecule has 4 heteroatoms. The number of nitrogens with zero attached hydrogens (tertiary/aromatic N) is 1. The normalized spacial score (nSPS) is 12.1. The summed E-state index contributed by atoms with van der Waals surface area (Å²) < 4.78 is 25.4. The van der Waals surface area contributed by atoms with E-state index in [1.807, 2.05) is 20.8 Å². The lowest BCUT2D eigenvalue weighted by Gasteiger charge is -2.09. The number of rotatable bonds is 3. The Bertz CT molecular complexity index is 383. The summed E-state index contributed by atoms with van der Waals surface area (Å²) in [5.74, 6) is -1.73. The molecule has 0 spiro atoms. The average molecular weight is 227 g/mol. The standard InChI is InChI=1S/C12H15F2NO/c1-12(2,3)8-15-16-7-9-4-5-10(13)11(14)6-9/h4-6,8H,7H2,1-3H3/b15-8+. The van der Waals surface area contributed by atoms with Crippen LogP contribution in [0.2, 0.25) is 0 Å². The van der Waals surface area contributed by atoms with E-state index >= 15 is 0 Å². The van der Waals surface area contributed by atoms with Crippen LogP contribution in [0, 0.1) is 17.0 Å². The van der Waals surface area contributed by atoms with E-state index in [0.29, 0.717) is 5.56 Å². The van der Waals surface area contributed by atoms with Gasteiger partial charge in [-0.2, -0.15) is 0 Å². The second-order valence-electron chi connectivity index (χ2n) is 4.62. The fourth-order valence-electron chi connectivity index (χ4n) is 0.937. The highest BCUT2D eigenvalue weighted by Gasteiger charge is 2.05. The first kappa shape index (κ1) is 12.6. The SMILES string of the molecule is CC(C)(C)/C=N/OCc1ccc(F)c(F)c1. The smallest absolute Gasteiger partial charge is 0.159 e. The van der Waals surface area contributed by atoms with E-state index in [2.05, 4.69) is 5.16 Å². The van der Waals surface area contributed by atoms with Crippen LogP contribution in [0.25, 0.3) is 0 Å². The zero-order valence-corrected chi connectivity index (χ0v) is 9.63. The quantitative estimate of drug-likeness (QED) is 0.572. The molecule has 16 heavy (non-hydrogen) atoms. The molecule has 1 aromatic carbocycles. The van der Waals surface area contributed by atoms with Crippen molar-refractivity contribution in [1.29, 1.82) is 0 Å². The first-order valence-corrected chi connectivity index (χ1v) is 4.99. The van der Waals surface area contributed by atoms with Gasteiger partial charge in [-0.1, -0.05) is 32.0 Å². The minimum atomic E-state index is -0.874. The zero-order valence-electron chi connectivity index (χ0n) is 9.63. The maximum Gasteiger partial charge on any atom is 0.159 e. The number of benzene rings is 1. The van der Waals surface area contributed by atoms with Crippen LogP contribution in [0.3, 0.4) is 0 Å². The first-order valence-electron chi connectivity index (χ1n) is 4.99. The molecule has 0 radical (unpaired) electrons. The maximum absolute atomic E-state index is 12.8. The Kier molecular flexibility index (Phi) is 3.99. The van der Waals surface area contributed by atoms with Crippen LogP contribution < -0.4 is 0 Å². The predicted molar refractivity (Wildman–Crippen MR) is 59.1 cm³/mol. The van der Waals surface area contributed by atoms with Crippen molar-refractivity contribution in [3.63, 3.8) is 0 Å². The fraction of sp³-hybridized carbons (Fsp3) is 0.417. The van der Waals surface area contributed by atoms with E-state index in [1.54, 1.807) is 6.21 Å². The van der Waals surface area contributed by atoms with E-state index < -0.39 is 11.6 Å². The Balaban J connectivity index is 2.50. The van der Waals surface area contributed by atoms with Crippen molar-refractivity contribution in [2.45, 2.75) is 27.4 Å². The second-order valence-corrected chi connectivity index (χ2v) is 4.62. The molecule has 0 bridgehead atoms. The highest BCUT2D eigenvalue weighted by molar-refractivity contribution is 5.63. The third-order valence-corrected chi connectivity index (χ3v) is 1.73. The van der Waals surface area contributed by atoms with Crippen LogP contribution in [0.4, 0.5) is 8.78 Å². The van der Waals surface area contributed by atoms with Crippen LogP contribution in [0.15, 0.2) is 23.4 Å². The van der Waals surface area contributed by atoms with Crippen LogP contribution in [0.5, 0.6) is 0 Å². The largest absolute Gasteiger partial charge is 0.391 e. The van der Waals surface area contributed by atoms with Crippen molar-refractivity contribution in [2.75, 3.05) is 0 Å². The molecule has 0 unspecified atom stereocenters. The summed E-state index contributed by atoms with van der Waals surface area (Å²) in [6, 6.07) is 3.63. The van der Waals surface area contributed by atoms with Crippen LogP contribution >= 0.6 is 0 Å². The lowest BCUT2D eigenvalue weighted by Crippen LogP contribution is -2.06. The van der Waals surface area contributed by atoms with Crippen molar-refractivity contribution < 1.29 is 13.6 Å². The second kappa shape index (κ2) is 5.05. The minimum Gasteiger partial charge on any atom is -0.391 e. The summed E-state index contributed by atoms with van der Waals surface area (Å²) in [5.41, 5.74) is 0.485. The molecule has 0 aromatic heterocycles. The fourth-order valence-corrected chi connectivity index (χ4v) is 0.937. The van der Waals surface area contributed by atoms with Crippen LogP contribution in [-0.2, 0) is 11.4 Å². The molecule has 0 fully saturated rings. The molecule has 0 saturated carbocycles. The molecule has 0 heterocycles. The molecule has 0 N–H and O–H groups in total. The average Bonchev–Trinajstić information content (AvgIpc) is 2.17. The molecule has 2 nitrogen and oxygen atoms in total. The van der Waals surface area contributed by atoms with Gasteiger partial charge in [0.15, 0.2) is 11.6 Å². The van der Waals surface area contributed by atoms with Gasteiger partial charge in [0.25, 0.3) is 0 Å². The molecular formula is C12H15F2NO. The van der Waals surface area contributed by atoms with Gasteiger partial charge in [0.2, 0.25) is 0 Å². The molecule has 0 atom stereocenters. The summed E-state index contributed by atoms with van der Waals surface area (Å²) in [6.45, 7) is 6.08. The van der Waals surface area contributed by atoms with Gasteiger partial charge in [0.1, 0.15) is 6.61 Å². The lowest BCUT2D eigenvalue weighted by molar-refractivity contribution is 0.129. The summed E-state index contributed by atoms with van der Waals surface area (Å²) in [7, 11) is 0. The van der Waals surface area contributed by atoms with Gasteiger partial charge in [-0.25, -0.2) is 8.78 Å². The van der Waals surface area contributed by atoms with Gasteiger partial charge in [-0.15, -0.1) is 0 Å². The van der Waals surface area contributed by atoms with Crippen molar-refractivity contribution in [1.82, 2.24) is 0 Å². The number of halogens is 2. The summed E-state index contributed by atoms with van der Waals surface area (Å²) >= 11 is 0. The molecule has 1 rings (SSSR count). The highest BCUT2D eigenvalue weighted by Crippen LogP contribution is 2.11. The third-order valence-electron chi connectivity index (χ3n) is 1.73. The van der Waals surface area contributed by atoms with Gasteiger partial charge in [-0.3, -0.25) is 0 Å². The topological polar surface area (TPSA) is 21.6 Å². The predicted octanol–water partition coefficient (Wildman–Crippen LogP) is 3.51. The Morgan fingerprint density at radius 3 is 2.50 bits per heavy atom. The van der Waals surface area contributed by atoms with Gasteiger partial charge >= 0.3 is 0 Å². The molecule has 88 valence electrons. The lowest BCUT2D eigenvalue weighted by atomic mass is 10.00. The Morgan fingerprint density at radius 2 is 1.94 bits per heavy atom. The molecule has 0 aliphatic heterocycles. The number of oxime groups is 1. The van der Waals surface area contributed by atoms with Gasteiger partial charge < -0.3 is 4.84 Å². The van der Waals surface area contributed by atoms with Crippen LogP contribution in [-0.4, -0.2) is 6.21 Å². The Morgan fingerprint density at radius 1 is 1.25 bits per heavy atom. The third kappa shape index (κ3) is 4.38. The van der Waals surface area contributed by atoms with Gasteiger partial charge in [0, 0.05) is 11.6 Å². The van der Waals surface area contributed by atoms with Crippen molar-refractivity contribution in [3.8, 4) is 0 Å². The number of hydrogen-bond donors (Lipinski definition) is 0. The number of hydrogen-bond acceptors (Lipinski definition) is 2. The highest BCUT2D eigenvalue weighted by atomic mass is 19.2. The van der Waals surface area contributed by atoms with E-state index in [1.165, 1.54) is 6.07 Å². The van der Waals surface area contributed by atoms with Crippen molar-refractivity contribution in [2.24, 2.45) is 10.6 Å². The summed E-state index contributed by atoms with van der Waals surface area (Å²) in [5, 5.41) is 3.75. The summed E-state index contributed by atoms with van der Waals surface area (Å²) in [4.78, 5) is 4.97. The summed E-state index contributed by atoms with van der Waals surface area (Å²) in [6.07, 6.45) is 1.66. The van der Waals surface area contributed by atoms with Gasteiger partial charge in [-0.05, 0) is 17.7 Å². The van der Waals surface area contributed by atoms with E-state index in [4.69, 9.17) is 4.84 Å². The molecule has 0 amide bonds.